The van der Waals surface area contributed by atoms with Gasteiger partial charge >= 0.3 is 11.9 Å². The number of nitrogens with zero attached hydrogens (tertiary/aromatic N) is 4. The van der Waals surface area contributed by atoms with Crippen molar-refractivity contribution < 1.29 is 72.4 Å². The van der Waals surface area contributed by atoms with E-state index < -0.39 is 144 Å². The van der Waals surface area contributed by atoms with Crippen LogP contribution in [0.1, 0.15) is 133 Å². The maximum absolute atomic E-state index is 15.0. The van der Waals surface area contributed by atoms with Gasteiger partial charge in [0.1, 0.15) is 54.2 Å². The van der Waals surface area contributed by atoms with Crippen LogP contribution in [0.3, 0.4) is 0 Å². The van der Waals surface area contributed by atoms with E-state index in [1.165, 1.54) is 61.6 Å². The van der Waals surface area contributed by atoms with Crippen LogP contribution >= 0.6 is 0 Å². The molecule has 3 aliphatic rings. The van der Waals surface area contributed by atoms with E-state index in [0.717, 1.165) is 0 Å². The summed E-state index contributed by atoms with van der Waals surface area (Å²) in [5.74, 6) is -9.92. The molecule has 0 saturated carbocycles. The number of Topliss-reactive ketones (excluding diaryl/α,β-unsaturated/α-hetero) is 1. The van der Waals surface area contributed by atoms with Gasteiger partial charge < -0.3 is 60.0 Å². The highest BCUT2D eigenvalue weighted by molar-refractivity contribution is 6.05. The number of ketones is 1. The zero-order chi connectivity index (χ0) is 59.3. The van der Waals surface area contributed by atoms with E-state index in [1.807, 2.05) is 27.7 Å². The molecule has 22 heteroatoms. The number of amides is 7. The number of benzene rings is 1. The smallest absolute Gasteiger partial charge is 0.329 e. The Bertz CT molecular complexity index is 2330. The number of hydrogen-bond acceptors (Lipinski definition) is 15. The van der Waals surface area contributed by atoms with Crippen molar-refractivity contribution in [2.75, 3.05) is 34.3 Å². The minimum atomic E-state index is -1.76. The third-order valence-electron chi connectivity index (χ3n) is 15.0. The van der Waals surface area contributed by atoms with Crippen LogP contribution in [0.4, 0.5) is 0 Å². The van der Waals surface area contributed by atoms with E-state index in [1.54, 1.807) is 52.0 Å². The number of methoxy groups -OCH3 is 1. The van der Waals surface area contributed by atoms with E-state index in [4.69, 9.17) is 14.2 Å². The second kappa shape index (κ2) is 29.3. The maximum atomic E-state index is 15.0. The maximum Gasteiger partial charge on any atom is 0.329 e. The first kappa shape index (κ1) is 65.4. The molecule has 7 amide bonds. The standard InChI is InChI=1S/C57H89N7O15/c1-30(2)25-39-45(66)29-46(67)79-49(33(7)8)48(68)34(9)50(69)59-40(26-31(3)4)54(73)64-24-16-18-42(64)56(75)62(13)44(28-37-19-21-38(77-14)22-20-37)57(76)78-36(11)47(52(71)58-39)60-51(70)43(27-32(5)6)61(12)55(74)41-17-15-23-63(41)53(72)35(10)65/h19-22,30-36,39-45,47,49,65-66H,15-18,23-29H2,1-14H3,(H,58,71)(H,59,69)(H,60,70). The second-order valence-corrected chi connectivity index (χ2v) is 23.3. The summed E-state index contributed by atoms with van der Waals surface area (Å²) >= 11 is 0. The van der Waals surface area contributed by atoms with Crippen molar-refractivity contribution in [3.8, 4) is 5.75 Å². The van der Waals surface area contributed by atoms with Gasteiger partial charge in [0.25, 0.3) is 5.91 Å². The first-order valence-electron chi connectivity index (χ1n) is 28.0. The number of rotatable bonds is 15. The summed E-state index contributed by atoms with van der Waals surface area (Å²) in [4.78, 5) is 148. The molecule has 1 aromatic rings. The van der Waals surface area contributed by atoms with Gasteiger partial charge in [0.15, 0.2) is 11.9 Å². The Kier molecular flexibility index (Phi) is 24.3. The lowest BCUT2D eigenvalue weighted by Gasteiger charge is -2.36. The monoisotopic (exact) mass is 1110 g/mol. The molecule has 4 rings (SSSR count). The second-order valence-electron chi connectivity index (χ2n) is 23.3. The van der Waals surface area contributed by atoms with Gasteiger partial charge in [-0.2, -0.15) is 0 Å². The topological polar surface area (TPSA) is 288 Å². The minimum Gasteiger partial charge on any atom is -0.497 e. The summed E-state index contributed by atoms with van der Waals surface area (Å²) in [6, 6.07) is -2.17. The average molecular weight is 1110 g/mol. The van der Waals surface area contributed by atoms with Gasteiger partial charge in [-0.1, -0.05) is 67.5 Å². The van der Waals surface area contributed by atoms with Gasteiger partial charge in [-0.05, 0) is 107 Å². The molecule has 12 atom stereocenters. The summed E-state index contributed by atoms with van der Waals surface area (Å²) in [6.07, 6.45) is -5.26. The first-order valence-corrected chi connectivity index (χ1v) is 28.0. The Morgan fingerprint density at radius 1 is 0.823 bits per heavy atom. The number of aliphatic hydroxyl groups is 2. The van der Waals surface area contributed by atoms with E-state index in [0.29, 0.717) is 24.2 Å². The van der Waals surface area contributed by atoms with E-state index in [-0.39, 0.29) is 69.4 Å². The zero-order valence-corrected chi connectivity index (χ0v) is 48.8. The molecule has 442 valence electrons. The van der Waals surface area contributed by atoms with Gasteiger partial charge in [0.05, 0.1) is 31.6 Å². The van der Waals surface area contributed by atoms with Crippen molar-refractivity contribution in [2.24, 2.45) is 29.6 Å². The van der Waals surface area contributed by atoms with Crippen LogP contribution in [-0.4, -0.2) is 190 Å². The molecule has 3 heterocycles. The molecule has 1 aromatic carbocycles. The lowest BCUT2D eigenvalue weighted by molar-refractivity contribution is -0.163. The number of fused-ring (bicyclic) bond motifs is 1. The SMILES string of the molecule is COc1ccc(CC2C(=O)OC(C)C(NC(=O)C(CC(C)C)N(C)C(=O)C3CCCN3C(=O)C(C)O)C(=O)NC(CC(C)C)C(O)CC(=O)OC(C(C)C)C(=O)C(C)C(=O)NC(CC(C)C)C(=O)N3CCCC3C(=O)N2C)cc1. The van der Waals surface area contributed by atoms with Crippen molar-refractivity contribution in [1.29, 1.82) is 0 Å². The van der Waals surface area contributed by atoms with Gasteiger partial charge in [-0.15, -0.1) is 0 Å². The molecule has 3 saturated heterocycles. The molecule has 79 heavy (non-hydrogen) atoms. The quantitative estimate of drug-likeness (QED) is 0.124. The zero-order valence-electron chi connectivity index (χ0n) is 48.8. The summed E-state index contributed by atoms with van der Waals surface area (Å²) < 4.78 is 17.2. The summed E-state index contributed by atoms with van der Waals surface area (Å²) in [7, 11) is 4.29. The molecule has 5 N–H and O–H groups in total. The highest BCUT2D eigenvalue weighted by atomic mass is 16.6. The van der Waals surface area contributed by atoms with Gasteiger partial charge in [0, 0.05) is 33.6 Å². The average Bonchev–Trinajstić information content (AvgIpc) is 4.09. The first-order chi connectivity index (χ1) is 37.0. The molecule has 12 unspecified atom stereocenters. The van der Waals surface area contributed by atoms with E-state index in [9.17, 15) is 58.2 Å². The Labute approximate surface area is 465 Å². The highest BCUT2D eigenvalue weighted by Crippen LogP contribution is 2.27. The number of esters is 2. The van der Waals surface area contributed by atoms with E-state index >= 15 is 0 Å². The van der Waals surface area contributed by atoms with Crippen LogP contribution in [0.2, 0.25) is 0 Å². The number of carbonyl (C=O) groups is 10. The number of likely N-dealkylation sites (tertiary alicyclic amines) is 1. The Morgan fingerprint density at radius 3 is 2.01 bits per heavy atom. The lowest BCUT2D eigenvalue weighted by Crippen LogP contribution is -2.61. The van der Waals surface area contributed by atoms with Crippen LogP contribution in [0.5, 0.6) is 5.75 Å². The molecule has 0 aromatic heterocycles. The molecule has 0 aliphatic carbocycles. The third kappa shape index (κ3) is 17.4. The fourth-order valence-electron chi connectivity index (χ4n) is 10.5. The van der Waals surface area contributed by atoms with Crippen LogP contribution < -0.4 is 20.7 Å². The summed E-state index contributed by atoms with van der Waals surface area (Å²) in [5.41, 5.74) is 0.571. The number of likely N-dealkylation sites (N-methyl/N-ethyl adjacent to an activating group) is 2. The Balaban J connectivity index is 1.88. The van der Waals surface area contributed by atoms with Crippen LogP contribution in [0.15, 0.2) is 24.3 Å². The number of ether oxygens (including phenoxy) is 3. The predicted octanol–water partition coefficient (Wildman–Crippen LogP) is 2.32. The molecule has 3 fully saturated rings. The van der Waals surface area contributed by atoms with E-state index in [2.05, 4.69) is 16.0 Å². The van der Waals surface area contributed by atoms with Gasteiger partial charge in [-0.25, -0.2) is 4.79 Å². The van der Waals surface area contributed by atoms with Crippen molar-refractivity contribution in [2.45, 2.75) is 201 Å². The Hall–Kier alpha value is -6.16. The van der Waals surface area contributed by atoms with Gasteiger partial charge in [0.2, 0.25) is 35.4 Å². The van der Waals surface area contributed by atoms with Crippen molar-refractivity contribution in [1.82, 2.24) is 35.6 Å². The Morgan fingerprint density at radius 2 is 1.44 bits per heavy atom. The molecular weight excluding hydrogens is 1020 g/mol. The van der Waals surface area contributed by atoms with Crippen molar-refractivity contribution >= 4 is 59.1 Å². The minimum absolute atomic E-state index is 0.0698. The van der Waals surface area contributed by atoms with Crippen LogP contribution in [0, 0.1) is 29.6 Å². The number of nitrogens with one attached hydrogen (secondary N) is 3. The number of cyclic esters (lactones) is 2. The fraction of sp³-hybridized carbons (Fsp3) is 0.719. The molecular formula is C57H89N7O15. The predicted molar refractivity (Wildman–Crippen MR) is 290 cm³/mol. The van der Waals surface area contributed by atoms with Crippen molar-refractivity contribution in [3.63, 3.8) is 0 Å². The summed E-state index contributed by atoms with van der Waals surface area (Å²) in [5, 5.41) is 30.2. The molecule has 0 bridgehead atoms. The molecule has 0 radical (unpaired) electrons. The van der Waals surface area contributed by atoms with Crippen LogP contribution in [0.25, 0.3) is 0 Å². The van der Waals surface area contributed by atoms with Gasteiger partial charge in [-0.3, -0.25) is 43.2 Å². The largest absolute Gasteiger partial charge is 0.497 e. The third-order valence-corrected chi connectivity index (χ3v) is 15.0. The molecule has 22 nitrogen and oxygen atoms in total. The van der Waals surface area contributed by atoms with Crippen molar-refractivity contribution in [3.05, 3.63) is 29.8 Å². The lowest BCUT2D eigenvalue weighted by atomic mass is 9.92. The molecule has 3 aliphatic heterocycles. The number of hydrogen-bond donors (Lipinski definition) is 5. The number of carbonyl (C=O) groups excluding carboxylic acids is 10. The van der Waals surface area contributed by atoms with Crippen LogP contribution in [-0.2, 0) is 63.8 Å². The fourth-order valence-corrected chi connectivity index (χ4v) is 10.5. The normalized spacial score (nSPS) is 27.3. The molecule has 0 spiro atoms. The number of aliphatic hydroxyl groups excluding tert-OH is 2. The highest BCUT2D eigenvalue weighted by Gasteiger charge is 2.46. The summed E-state index contributed by atoms with van der Waals surface area (Å²) in [6.45, 7) is 18.5.